The Bertz CT molecular complexity index is 373. The molecule has 2 atom stereocenters. The molecule has 0 amide bonds. The Balaban J connectivity index is 2.10. The van der Waals surface area contributed by atoms with E-state index in [-0.39, 0.29) is 12.2 Å². The van der Waals surface area contributed by atoms with Crippen LogP contribution in [0.1, 0.15) is 56.0 Å². The van der Waals surface area contributed by atoms with Crippen LogP contribution >= 0.6 is 0 Å². The lowest BCUT2D eigenvalue weighted by atomic mass is 9.85. The summed E-state index contributed by atoms with van der Waals surface area (Å²) in [5.74, 6) is 1.51. The highest BCUT2D eigenvalue weighted by molar-refractivity contribution is 4.97. The summed E-state index contributed by atoms with van der Waals surface area (Å²) < 4.78 is 16.0. The van der Waals surface area contributed by atoms with Crippen molar-refractivity contribution in [2.45, 2.75) is 44.3 Å². The van der Waals surface area contributed by atoms with Gasteiger partial charge in [-0.05, 0) is 18.8 Å². The van der Waals surface area contributed by atoms with Crippen LogP contribution in [0.5, 0.6) is 0 Å². The molecule has 0 radical (unpaired) electrons. The summed E-state index contributed by atoms with van der Waals surface area (Å²) in [7, 11) is 3.28. The zero-order valence-electron chi connectivity index (χ0n) is 11.7. The molecule has 0 aromatic carbocycles. The lowest BCUT2D eigenvalue weighted by molar-refractivity contribution is 0.0273. The van der Waals surface area contributed by atoms with Crippen LogP contribution in [0, 0.1) is 5.92 Å². The molecule has 0 saturated heterocycles. The van der Waals surface area contributed by atoms with Crippen molar-refractivity contribution >= 4 is 0 Å². The van der Waals surface area contributed by atoms with Gasteiger partial charge in [-0.3, -0.25) is 0 Å². The first-order valence-electron chi connectivity index (χ1n) is 6.89. The Morgan fingerprint density at radius 2 is 2.00 bits per heavy atom. The first-order chi connectivity index (χ1) is 9.30. The molecule has 1 aliphatic rings. The van der Waals surface area contributed by atoms with Crippen molar-refractivity contribution in [1.29, 1.82) is 0 Å². The fraction of sp³-hybridized carbons (Fsp3) is 0.846. The highest BCUT2D eigenvalue weighted by atomic mass is 16.5. The number of nitrogens with two attached hydrogens (primary N) is 1. The maximum Gasteiger partial charge on any atom is 0.257 e. The van der Waals surface area contributed by atoms with Crippen LogP contribution in [0.2, 0.25) is 0 Å². The van der Waals surface area contributed by atoms with E-state index in [2.05, 4.69) is 10.1 Å². The maximum atomic E-state index is 5.59. The van der Waals surface area contributed by atoms with Crippen LogP contribution < -0.4 is 5.73 Å². The van der Waals surface area contributed by atoms with Crippen LogP contribution in [-0.2, 0) is 9.47 Å². The number of aromatic nitrogens is 2. The molecule has 2 N–H and O–H groups in total. The van der Waals surface area contributed by atoms with Crippen molar-refractivity contribution < 1.29 is 14.0 Å². The molecule has 1 heterocycles. The summed E-state index contributed by atoms with van der Waals surface area (Å²) >= 11 is 0. The fourth-order valence-electron chi connectivity index (χ4n) is 2.74. The van der Waals surface area contributed by atoms with E-state index in [9.17, 15) is 0 Å². The topological polar surface area (TPSA) is 83.4 Å². The summed E-state index contributed by atoms with van der Waals surface area (Å²) in [6.45, 7) is 0.319. The number of rotatable bonds is 6. The summed E-state index contributed by atoms with van der Waals surface area (Å²) in [6, 6.07) is 0. The van der Waals surface area contributed by atoms with Crippen molar-refractivity contribution in [2.75, 3.05) is 20.8 Å². The number of methoxy groups -OCH3 is 2. The molecule has 2 rings (SSSR count). The predicted octanol–water partition coefficient (Wildman–Crippen LogP) is 1.98. The van der Waals surface area contributed by atoms with Crippen molar-refractivity contribution in [3.05, 3.63) is 11.7 Å². The van der Waals surface area contributed by atoms with E-state index in [1.807, 2.05) is 0 Å². The van der Waals surface area contributed by atoms with Gasteiger partial charge in [-0.2, -0.15) is 4.98 Å². The van der Waals surface area contributed by atoms with Crippen molar-refractivity contribution in [2.24, 2.45) is 11.7 Å². The maximum absolute atomic E-state index is 5.59. The van der Waals surface area contributed by atoms with Crippen molar-refractivity contribution in [1.82, 2.24) is 10.1 Å². The van der Waals surface area contributed by atoms with Gasteiger partial charge in [0.25, 0.3) is 5.89 Å². The average Bonchev–Trinajstić information content (AvgIpc) is 2.92. The van der Waals surface area contributed by atoms with Gasteiger partial charge in [0, 0.05) is 20.8 Å². The van der Waals surface area contributed by atoms with Gasteiger partial charge < -0.3 is 19.7 Å². The number of hydrogen-bond donors (Lipinski definition) is 1. The Morgan fingerprint density at radius 3 is 2.58 bits per heavy atom. The van der Waals surface area contributed by atoms with Crippen LogP contribution in [0.25, 0.3) is 0 Å². The third kappa shape index (κ3) is 3.32. The van der Waals surface area contributed by atoms with Gasteiger partial charge in [0.05, 0.1) is 0 Å². The molecule has 1 aromatic rings. The molecular weight excluding hydrogens is 246 g/mol. The zero-order valence-corrected chi connectivity index (χ0v) is 11.7. The number of hydrogen-bond acceptors (Lipinski definition) is 6. The number of ether oxygens (including phenoxy) is 2. The molecule has 19 heavy (non-hydrogen) atoms. The smallest absolute Gasteiger partial charge is 0.257 e. The van der Waals surface area contributed by atoms with Crippen LogP contribution in [0.4, 0.5) is 0 Å². The van der Waals surface area contributed by atoms with Crippen LogP contribution in [0.15, 0.2) is 4.52 Å². The van der Waals surface area contributed by atoms with E-state index < -0.39 is 0 Å². The van der Waals surface area contributed by atoms with Crippen molar-refractivity contribution in [3.8, 4) is 0 Å². The van der Waals surface area contributed by atoms with E-state index in [0.717, 1.165) is 12.8 Å². The van der Waals surface area contributed by atoms with Gasteiger partial charge >= 0.3 is 0 Å². The molecule has 108 valence electrons. The normalized spacial score (nSPS) is 20.4. The Morgan fingerprint density at radius 1 is 1.26 bits per heavy atom. The lowest BCUT2D eigenvalue weighted by Gasteiger charge is -2.26. The minimum absolute atomic E-state index is 0.0897. The Labute approximate surface area is 113 Å². The van der Waals surface area contributed by atoms with Gasteiger partial charge in [0.15, 0.2) is 0 Å². The minimum Gasteiger partial charge on any atom is -0.373 e. The van der Waals surface area contributed by atoms with Gasteiger partial charge in [-0.15, -0.1) is 0 Å². The second-order valence-corrected chi connectivity index (χ2v) is 5.01. The molecule has 1 fully saturated rings. The van der Waals surface area contributed by atoms with E-state index in [4.69, 9.17) is 19.7 Å². The highest BCUT2D eigenvalue weighted by Gasteiger charge is 2.30. The molecule has 0 aliphatic heterocycles. The summed E-state index contributed by atoms with van der Waals surface area (Å²) in [6.07, 6.45) is 5.69. The highest BCUT2D eigenvalue weighted by Crippen LogP contribution is 2.35. The zero-order chi connectivity index (χ0) is 13.7. The quantitative estimate of drug-likeness (QED) is 0.850. The SMILES string of the molecule is COC(CN)c1nc(C(OC)C2CCCCC2)no1. The third-order valence-electron chi connectivity index (χ3n) is 3.82. The molecule has 6 heteroatoms. The molecule has 0 bridgehead atoms. The van der Waals surface area contributed by atoms with Crippen LogP contribution in [-0.4, -0.2) is 30.9 Å². The Kier molecular flexibility index (Phi) is 5.30. The van der Waals surface area contributed by atoms with Gasteiger partial charge in [-0.25, -0.2) is 0 Å². The lowest BCUT2D eigenvalue weighted by Crippen LogP contribution is -2.19. The molecular formula is C13H23N3O3. The average molecular weight is 269 g/mol. The molecule has 2 unspecified atom stereocenters. The third-order valence-corrected chi connectivity index (χ3v) is 3.82. The summed E-state index contributed by atoms with van der Waals surface area (Å²) in [4.78, 5) is 4.39. The first-order valence-corrected chi connectivity index (χ1v) is 6.89. The standard InChI is InChI=1S/C13H23N3O3/c1-17-10(8-14)13-15-12(16-19-13)11(18-2)9-6-4-3-5-7-9/h9-11H,3-8,14H2,1-2H3. The molecule has 6 nitrogen and oxygen atoms in total. The molecule has 1 saturated carbocycles. The Hall–Kier alpha value is -0.980. The van der Waals surface area contributed by atoms with Gasteiger partial charge in [0.2, 0.25) is 5.82 Å². The summed E-state index contributed by atoms with van der Waals surface area (Å²) in [5.41, 5.74) is 5.59. The second kappa shape index (κ2) is 6.98. The van der Waals surface area contributed by atoms with E-state index in [0.29, 0.717) is 24.2 Å². The molecule has 1 aliphatic carbocycles. The predicted molar refractivity (Wildman–Crippen MR) is 69.4 cm³/mol. The second-order valence-electron chi connectivity index (χ2n) is 5.01. The first kappa shape index (κ1) is 14.4. The van der Waals surface area contributed by atoms with Crippen molar-refractivity contribution in [3.63, 3.8) is 0 Å². The van der Waals surface area contributed by atoms with Gasteiger partial charge in [-0.1, -0.05) is 24.4 Å². The van der Waals surface area contributed by atoms with E-state index in [1.165, 1.54) is 19.3 Å². The minimum atomic E-state index is -0.342. The van der Waals surface area contributed by atoms with Crippen LogP contribution in [0.3, 0.4) is 0 Å². The van der Waals surface area contributed by atoms with Gasteiger partial charge in [0.1, 0.15) is 12.2 Å². The fourth-order valence-corrected chi connectivity index (χ4v) is 2.74. The monoisotopic (exact) mass is 269 g/mol. The summed E-state index contributed by atoms with van der Waals surface area (Å²) in [5, 5.41) is 4.03. The number of nitrogens with zero attached hydrogens (tertiary/aromatic N) is 2. The largest absolute Gasteiger partial charge is 0.373 e. The molecule has 0 spiro atoms. The van der Waals surface area contributed by atoms with E-state index in [1.54, 1.807) is 14.2 Å². The van der Waals surface area contributed by atoms with E-state index >= 15 is 0 Å². The molecule has 1 aromatic heterocycles.